The van der Waals surface area contributed by atoms with Crippen LogP contribution in [-0.4, -0.2) is 14.2 Å². The van der Waals surface area contributed by atoms with E-state index in [0.29, 0.717) is 15.9 Å². The van der Waals surface area contributed by atoms with Gasteiger partial charge in [0.25, 0.3) is 0 Å². The van der Waals surface area contributed by atoms with Gasteiger partial charge in [-0.15, -0.1) is 0 Å². The molecule has 1 aromatic rings. The Balaban J connectivity index is 2.89. The third kappa shape index (κ3) is 3.25. The number of methoxy groups -OCH3 is 2. The molecular weight excluding hydrogens is 307 g/mol. The van der Waals surface area contributed by atoms with Crippen LogP contribution in [0.4, 0.5) is 0 Å². The Hall–Kier alpha value is -1.00. The predicted molar refractivity (Wildman–Crippen MR) is 67.1 cm³/mol. The fourth-order valence-electron chi connectivity index (χ4n) is 1.16. The third-order valence-corrected chi connectivity index (χ3v) is 4.18. The second kappa shape index (κ2) is 5.78. The molecule has 0 saturated carbocycles. The van der Waals surface area contributed by atoms with E-state index in [1.807, 2.05) is 18.2 Å². The summed E-state index contributed by atoms with van der Waals surface area (Å²) in [7, 11) is 3.18. The summed E-state index contributed by atoms with van der Waals surface area (Å²) in [6.07, 6.45) is 0. The van der Waals surface area contributed by atoms with Crippen LogP contribution in [0.1, 0.15) is 5.56 Å². The molecule has 15 heavy (non-hydrogen) atoms. The predicted octanol–water partition coefficient (Wildman–Crippen LogP) is 2.06. The van der Waals surface area contributed by atoms with Crippen molar-refractivity contribution >= 4 is 20.1 Å². The number of ether oxygens (including phenoxy) is 2. The molecule has 0 aliphatic rings. The van der Waals surface area contributed by atoms with Gasteiger partial charge in [0.15, 0.2) is 0 Å². The van der Waals surface area contributed by atoms with Gasteiger partial charge in [-0.05, 0) is 0 Å². The summed E-state index contributed by atoms with van der Waals surface area (Å²) in [6.45, 7) is 0. The van der Waals surface area contributed by atoms with E-state index in [0.717, 1.165) is 5.56 Å². The summed E-state index contributed by atoms with van der Waals surface area (Å²) in [5.41, 5.74) is 1.03. The first-order valence-corrected chi connectivity index (χ1v) is 8.06. The number of halogens is 1. The molecule has 5 heteroatoms. The zero-order valence-electron chi connectivity index (χ0n) is 8.66. The average molecular weight is 320 g/mol. The number of nitriles is 1. The van der Waals surface area contributed by atoms with E-state index >= 15 is 0 Å². The molecular formula is C10H13IN2O2. The Bertz CT molecular complexity index is 376. The van der Waals surface area contributed by atoms with Crippen LogP contribution in [0.5, 0.6) is 11.5 Å². The summed E-state index contributed by atoms with van der Waals surface area (Å²) in [6, 6.07) is 5.61. The number of benzene rings is 1. The molecule has 0 fully saturated rings. The fourth-order valence-corrected chi connectivity index (χ4v) is 2.75. The maximum atomic E-state index is 8.66. The van der Waals surface area contributed by atoms with Crippen molar-refractivity contribution in [2.45, 2.75) is 4.43 Å². The quantitative estimate of drug-likeness (QED) is 0.524. The molecule has 0 aromatic heterocycles. The summed E-state index contributed by atoms with van der Waals surface area (Å²) < 4.78 is 18.8. The Morgan fingerprint density at radius 1 is 1.33 bits per heavy atom. The first-order chi connectivity index (χ1) is 7.21. The molecule has 0 saturated heterocycles. The van der Waals surface area contributed by atoms with Crippen molar-refractivity contribution in [3.05, 3.63) is 23.8 Å². The molecule has 0 heterocycles. The molecule has 0 bridgehead atoms. The van der Waals surface area contributed by atoms with E-state index in [2.05, 4.69) is 4.08 Å². The van der Waals surface area contributed by atoms with Gasteiger partial charge < -0.3 is 0 Å². The standard InChI is InChI=1S/C10H13IN2O2/c1-14-9-4-3-8(5-10(9)15-2)6-11(13)7-12/h3-5H,6,13H2,1-2H3. The number of rotatable bonds is 4. The molecule has 0 atom stereocenters. The molecule has 82 valence electrons. The fraction of sp³-hybridized carbons (Fsp3) is 0.300. The van der Waals surface area contributed by atoms with Gasteiger partial charge >= 0.3 is 96.8 Å². The van der Waals surface area contributed by atoms with Crippen LogP contribution >= 0.6 is 20.1 Å². The summed E-state index contributed by atoms with van der Waals surface area (Å²) in [5.74, 6) is 1.37. The van der Waals surface area contributed by atoms with E-state index in [1.54, 1.807) is 14.2 Å². The Kier molecular flexibility index (Phi) is 4.65. The molecule has 1 rings (SSSR count). The minimum atomic E-state index is -1.92. The average Bonchev–Trinajstić information content (AvgIpc) is 2.28. The van der Waals surface area contributed by atoms with Gasteiger partial charge in [-0.1, -0.05) is 0 Å². The van der Waals surface area contributed by atoms with E-state index in [4.69, 9.17) is 18.7 Å². The number of hydrogen-bond acceptors (Lipinski definition) is 4. The summed E-state index contributed by atoms with van der Waals surface area (Å²) in [5, 5.41) is 8.66. The van der Waals surface area contributed by atoms with Crippen molar-refractivity contribution in [3.63, 3.8) is 0 Å². The topological polar surface area (TPSA) is 68.3 Å². The van der Waals surface area contributed by atoms with E-state index < -0.39 is 20.1 Å². The molecule has 0 aliphatic carbocycles. The van der Waals surface area contributed by atoms with Crippen LogP contribution in [0.15, 0.2) is 18.2 Å². The maximum absolute atomic E-state index is 8.66. The molecule has 1 aromatic carbocycles. The monoisotopic (exact) mass is 320 g/mol. The minimum absolute atomic E-state index is 0.667. The molecule has 4 nitrogen and oxygen atoms in total. The SMILES string of the molecule is COc1ccc(CI(N)C#N)cc1OC. The van der Waals surface area contributed by atoms with Crippen LogP contribution in [0, 0.1) is 9.34 Å². The van der Waals surface area contributed by atoms with Crippen LogP contribution in [0.25, 0.3) is 0 Å². The van der Waals surface area contributed by atoms with Gasteiger partial charge in [-0.3, -0.25) is 0 Å². The second-order valence-electron chi connectivity index (χ2n) is 2.80. The van der Waals surface area contributed by atoms with Crippen molar-refractivity contribution < 1.29 is 9.47 Å². The second-order valence-corrected chi connectivity index (χ2v) is 6.32. The van der Waals surface area contributed by atoms with E-state index in [1.165, 1.54) is 0 Å². The van der Waals surface area contributed by atoms with Crippen LogP contribution in [0.2, 0.25) is 0 Å². The van der Waals surface area contributed by atoms with Crippen molar-refractivity contribution in [2.24, 2.45) is 3.95 Å². The number of hydrogen-bond donors (Lipinski definition) is 1. The number of alkyl halides is 1. The van der Waals surface area contributed by atoms with Gasteiger partial charge in [-0.25, -0.2) is 0 Å². The number of nitrogens with zero attached hydrogens (tertiary/aromatic N) is 1. The van der Waals surface area contributed by atoms with Crippen LogP contribution in [-0.2, 0) is 4.43 Å². The van der Waals surface area contributed by atoms with Gasteiger partial charge in [0.2, 0.25) is 0 Å². The van der Waals surface area contributed by atoms with Crippen LogP contribution < -0.4 is 13.4 Å². The number of nitrogens with two attached hydrogens (primary N) is 1. The van der Waals surface area contributed by atoms with Crippen LogP contribution in [0.3, 0.4) is 0 Å². The Labute approximate surface area is 96.7 Å². The van der Waals surface area contributed by atoms with Crippen molar-refractivity contribution in [2.75, 3.05) is 14.2 Å². The van der Waals surface area contributed by atoms with Gasteiger partial charge in [0, 0.05) is 0 Å². The Morgan fingerprint density at radius 2 is 2.00 bits per heavy atom. The van der Waals surface area contributed by atoms with Crippen molar-refractivity contribution in [3.8, 4) is 15.6 Å². The van der Waals surface area contributed by atoms with Gasteiger partial charge in [0.1, 0.15) is 0 Å². The Morgan fingerprint density at radius 3 is 2.53 bits per heavy atom. The normalized spacial score (nSPS) is 10.4. The molecule has 0 radical (unpaired) electrons. The van der Waals surface area contributed by atoms with Crippen molar-refractivity contribution in [1.82, 2.24) is 0 Å². The molecule has 2 N–H and O–H groups in total. The summed E-state index contributed by atoms with van der Waals surface area (Å²) >= 11 is -1.92. The molecule has 0 spiro atoms. The van der Waals surface area contributed by atoms with E-state index in [-0.39, 0.29) is 0 Å². The zero-order valence-corrected chi connectivity index (χ0v) is 10.8. The first-order valence-electron chi connectivity index (χ1n) is 4.21. The molecule has 0 amide bonds. The van der Waals surface area contributed by atoms with E-state index in [9.17, 15) is 0 Å². The van der Waals surface area contributed by atoms with Gasteiger partial charge in [0.05, 0.1) is 0 Å². The summed E-state index contributed by atoms with van der Waals surface area (Å²) in [4.78, 5) is 0. The zero-order chi connectivity index (χ0) is 11.3. The van der Waals surface area contributed by atoms with Gasteiger partial charge in [-0.2, -0.15) is 0 Å². The molecule has 0 aliphatic heterocycles. The first kappa shape index (κ1) is 12.1. The third-order valence-electron chi connectivity index (χ3n) is 1.85. The van der Waals surface area contributed by atoms with Crippen molar-refractivity contribution in [1.29, 1.82) is 5.26 Å². The molecule has 0 unspecified atom stereocenters.